The Morgan fingerprint density at radius 2 is 2.29 bits per heavy atom. The van der Waals surface area contributed by atoms with Crippen molar-refractivity contribution in [3.05, 3.63) is 34.5 Å². The Bertz CT molecular complexity index is 510. The van der Waals surface area contributed by atoms with E-state index in [9.17, 15) is 0 Å². The SMILES string of the molecule is Clc1cnc(N/N=C2\CC3C=CCC23)c(Cl)c1. The number of rotatable bonds is 2. The number of nitrogens with zero attached hydrogens (tertiary/aromatic N) is 2. The zero-order valence-electron chi connectivity index (χ0n) is 9.03. The van der Waals surface area contributed by atoms with Gasteiger partial charge in [0, 0.05) is 17.8 Å². The Morgan fingerprint density at radius 1 is 1.41 bits per heavy atom. The maximum Gasteiger partial charge on any atom is 0.165 e. The fourth-order valence-electron chi connectivity index (χ4n) is 2.28. The molecule has 1 fully saturated rings. The van der Waals surface area contributed by atoms with E-state index in [0.29, 0.717) is 27.7 Å². The number of hydrazone groups is 1. The van der Waals surface area contributed by atoms with Crippen LogP contribution in [0.5, 0.6) is 0 Å². The van der Waals surface area contributed by atoms with Gasteiger partial charge in [-0.2, -0.15) is 5.10 Å². The largest absolute Gasteiger partial charge is 0.260 e. The lowest BCUT2D eigenvalue weighted by atomic mass is 9.74. The predicted molar refractivity (Wildman–Crippen MR) is 70.7 cm³/mol. The molecular weight excluding hydrogens is 257 g/mol. The second kappa shape index (κ2) is 4.31. The molecule has 1 N–H and O–H groups in total. The number of hydrogen-bond acceptors (Lipinski definition) is 3. The Kier molecular flexibility index (Phi) is 2.81. The molecule has 2 unspecified atom stereocenters. The van der Waals surface area contributed by atoms with Crippen molar-refractivity contribution in [2.75, 3.05) is 5.43 Å². The van der Waals surface area contributed by atoms with Crippen LogP contribution in [0.4, 0.5) is 5.82 Å². The first-order valence-corrected chi connectivity index (χ1v) is 6.30. The number of hydrogen-bond donors (Lipinski definition) is 1. The molecule has 0 spiro atoms. The second-order valence-corrected chi connectivity index (χ2v) is 5.18. The van der Waals surface area contributed by atoms with Crippen LogP contribution in [0.3, 0.4) is 0 Å². The summed E-state index contributed by atoms with van der Waals surface area (Å²) in [7, 11) is 0. The van der Waals surface area contributed by atoms with Gasteiger partial charge >= 0.3 is 0 Å². The quantitative estimate of drug-likeness (QED) is 0.655. The number of nitrogens with one attached hydrogen (secondary N) is 1. The number of allylic oxidation sites excluding steroid dienone is 2. The molecule has 17 heavy (non-hydrogen) atoms. The van der Waals surface area contributed by atoms with Gasteiger partial charge in [0.05, 0.1) is 10.0 Å². The van der Waals surface area contributed by atoms with Gasteiger partial charge in [-0.3, -0.25) is 5.43 Å². The fraction of sp³-hybridized carbons (Fsp3) is 0.333. The fourth-order valence-corrected chi connectivity index (χ4v) is 2.71. The minimum atomic E-state index is 0.488. The number of anilines is 1. The highest BCUT2D eigenvalue weighted by molar-refractivity contribution is 6.35. The third-order valence-electron chi connectivity index (χ3n) is 3.28. The summed E-state index contributed by atoms with van der Waals surface area (Å²) in [5.74, 6) is 1.84. The van der Waals surface area contributed by atoms with Crippen LogP contribution < -0.4 is 5.43 Å². The van der Waals surface area contributed by atoms with E-state index in [1.165, 1.54) is 5.71 Å². The van der Waals surface area contributed by atoms with Crippen LogP contribution in [0.25, 0.3) is 0 Å². The Balaban J connectivity index is 1.70. The normalized spacial score (nSPS) is 28.0. The van der Waals surface area contributed by atoms with Crippen LogP contribution in [0.15, 0.2) is 29.5 Å². The number of aromatic nitrogens is 1. The lowest BCUT2D eigenvalue weighted by Gasteiger charge is -2.31. The van der Waals surface area contributed by atoms with Gasteiger partial charge in [-0.05, 0) is 24.8 Å². The van der Waals surface area contributed by atoms with Crippen LogP contribution >= 0.6 is 23.2 Å². The second-order valence-electron chi connectivity index (χ2n) is 4.34. The van der Waals surface area contributed by atoms with E-state index in [0.717, 1.165) is 12.8 Å². The van der Waals surface area contributed by atoms with Gasteiger partial charge in [0.2, 0.25) is 0 Å². The van der Waals surface area contributed by atoms with Gasteiger partial charge in [0.1, 0.15) is 0 Å². The van der Waals surface area contributed by atoms with Crippen molar-refractivity contribution < 1.29 is 0 Å². The zero-order valence-corrected chi connectivity index (χ0v) is 10.5. The van der Waals surface area contributed by atoms with Crippen LogP contribution in [0, 0.1) is 11.8 Å². The molecule has 2 aliphatic carbocycles. The summed E-state index contributed by atoms with van der Waals surface area (Å²) in [6.45, 7) is 0. The lowest BCUT2D eigenvalue weighted by Crippen LogP contribution is -2.33. The van der Waals surface area contributed by atoms with Gasteiger partial charge in [0.25, 0.3) is 0 Å². The molecule has 2 aliphatic rings. The topological polar surface area (TPSA) is 37.3 Å². The number of halogens is 2. The van der Waals surface area contributed by atoms with E-state index in [4.69, 9.17) is 23.2 Å². The maximum absolute atomic E-state index is 5.99. The summed E-state index contributed by atoms with van der Waals surface area (Å²) in [4.78, 5) is 4.10. The molecule has 1 heterocycles. The first kappa shape index (κ1) is 11.1. The van der Waals surface area contributed by atoms with E-state index in [2.05, 4.69) is 27.7 Å². The smallest absolute Gasteiger partial charge is 0.165 e. The van der Waals surface area contributed by atoms with Crippen LogP contribution in [-0.2, 0) is 0 Å². The van der Waals surface area contributed by atoms with Crippen LogP contribution in [0.2, 0.25) is 10.0 Å². The standard InChI is InChI=1S/C12H11Cl2N3/c13-8-5-10(14)12(15-6-8)17-16-11-4-7-2-1-3-9(7)11/h1-2,5-7,9H,3-4H2,(H,15,17)/b16-11+. The monoisotopic (exact) mass is 267 g/mol. The van der Waals surface area contributed by atoms with E-state index < -0.39 is 0 Å². The third-order valence-corrected chi connectivity index (χ3v) is 3.77. The molecule has 1 aromatic heterocycles. The zero-order chi connectivity index (χ0) is 11.8. The van der Waals surface area contributed by atoms with E-state index in [1.807, 2.05) is 0 Å². The minimum absolute atomic E-state index is 0.488. The van der Waals surface area contributed by atoms with E-state index in [1.54, 1.807) is 12.3 Å². The van der Waals surface area contributed by atoms with Gasteiger partial charge in [0.15, 0.2) is 5.82 Å². The molecule has 2 atom stereocenters. The highest BCUT2D eigenvalue weighted by Crippen LogP contribution is 2.40. The van der Waals surface area contributed by atoms with Crippen molar-refractivity contribution in [3.8, 4) is 0 Å². The molecule has 5 heteroatoms. The summed E-state index contributed by atoms with van der Waals surface area (Å²) in [6, 6.07) is 1.65. The summed E-state index contributed by atoms with van der Waals surface area (Å²) >= 11 is 11.8. The van der Waals surface area contributed by atoms with Gasteiger partial charge in [-0.15, -0.1) is 0 Å². The molecule has 0 radical (unpaired) electrons. The van der Waals surface area contributed by atoms with Crippen molar-refractivity contribution in [3.63, 3.8) is 0 Å². The van der Waals surface area contributed by atoms with Crippen molar-refractivity contribution in [2.24, 2.45) is 16.9 Å². The van der Waals surface area contributed by atoms with Crippen LogP contribution in [0.1, 0.15) is 12.8 Å². The first-order valence-electron chi connectivity index (χ1n) is 5.54. The highest BCUT2D eigenvalue weighted by atomic mass is 35.5. The Hall–Kier alpha value is -1.06. The predicted octanol–water partition coefficient (Wildman–Crippen LogP) is 3.75. The summed E-state index contributed by atoms with van der Waals surface area (Å²) < 4.78 is 0. The maximum atomic E-state index is 5.99. The van der Waals surface area contributed by atoms with Crippen molar-refractivity contribution in [1.82, 2.24) is 4.98 Å². The Labute approximate surface area is 110 Å². The summed E-state index contributed by atoms with van der Waals surface area (Å²) in [5.41, 5.74) is 4.11. The molecule has 88 valence electrons. The van der Waals surface area contributed by atoms with Gasteiger partial charge < -0.3 is 0 Å². The highest BCUT2D eigenvalue weighted by Gasteiger charge is 2.37. The van der Waals surface area contributed by atoms with Gasteiger partial charge in [-0.1, -0.05) is 35.4 Å². The number of fused-ring (bicyclic) bond motifs is 1. The molecule has 0 saturated heterocycles. The molecule has 0 bridgehead atoms. The van der Waals surface area contributed by atoms with Gasteiger partial charge in [-0.25, -0.2) is 4.98 Å². The third kappa shape index (κ3) is 2.05. The molecular formula is C12H11Cl2N3. The molecule has 1 aromatic rings. The van der Waals surface area contributed by atoms with Crippen LogP contribution in [-0.4, -0.2) is 10.7 Å². The van der Waals surface area contributed by atoms with E-state index in [-0.39, 0.29) is 0 Å². The Morgan fingerprint density at radius 3 is 3.06 bits per heavy atom. The van der Waals surface area contributed by atoms with Crippen molar-refractivity contribution in [2.45, 2.75) is 12.8 Å². The average molecular weight is 268 g/mol. The first-order chi connectivity index (χ1) is 8.24. The average Bonchev–Trinajstić information content (AvgIpc) is 2.63. The molecule has 1 saturated carbocycles. The lowest BCUT2D eigenvalue weighted by molar-refractivity contribution is 0.466. The molecule has 3 nitrogen and oxygen atoms in total. The minimum Gasteiger partial charge on any atom is -0.260 e. The number of pyridine rings is 1. The molecule has 0 aliphatic heterocycles. The van der Waals surface area contributed by atoms with E-state index >= 15 is 0 Å². The van der Waals surface area contributed by atoms with Crippen molar-refractivity contribution in [1.29, 1.82) is 0 Å². The molecule has 3 rings (SSSR count). The summed E-state index contributed by atoms with van der Waals surface area (Å²) in [6.07, 6.45) is 8.20. The summed E-state index contributed by atoms with van der Waals surface area (Å²) in [5, 5.41) is 5.38. The molecule has 0 aromatic carbocycles. The molecule has 0 amide bonds. The van der Waals surface area contributed by atoms with Crippen molar-refractivity contribution >= 4 is 34.7 Å².